The van der Waals surface area contributed by atoms with E-state index in [1.54, 1.807) is 26.0 Å². The number of halogens is 2. The molecule has 0 saturated heterocycles. The second kappa shape index (κ2) is 8.05. The molecule has 4 nitrogen and oxygen atoms in total. The van der Waals surface area contributed by atoms with Crippen molar-refractivity contribution in [2.24, 2.45) is 0 Å². The Kier molecular flexibility index (Phi) is 5.73. The van der Waals surface area contributed by atoms with Gasteiger partial charge in [-0.1, -0.05) is 59.6 Å². The van der Waals surface area contributed by atoms with Crippen LogP contribution in [0.4, 0.5) is 5.69 Å². The molecule has 0 radical (unpaired) electrons. The Labute approximate surface area is 172 Å². The molecule has 1 amide bonds. The van der Waals surface area contributed by atoms with Crippen molar-refractivity contribution in [2.45, 2.75) is 13.8 Å². The maximum atomic E-state index is 12.9. The van der Waals surface area contributed by atoms with Crippen LogP contribution in [0.25, 0.3) is 11.1 Å². The normalized spacial score (nSPS) is 10.6. The zero-order valence-corrected chi connectivity index (χ0v) is 16.7. The number of nitrogens with one attached hydrogen (secondary N) is 1. The van der Waals surface area contributed by atoms with Crippen LogP contribution < -0.4 is 5.32 Å². The van der Waals surface area contributed by atoms with E-state index in [0.717, 1.165) is 11.1 Å². The van der Waals surface area contributed by atoms with Crippen LogP contribution in [0.3, 0.4) is 0 Å². The summed E-state index contributed by atoms with van der Waals surface area (Å²) in [5.41, 5.74) is 3.60. The number of carbonyl (C=O) groups excluding carboxylic acids is 1. The van der Waals surface area contributed by atoms with E-state index in [4.69, 9.17) is 23.2 Å². The van der Waals surface area contributed by atoms with Crippen LogP contribution in [0.1, 0.15) is 31.8 Å². The van der Waals surface area contributed by atoms with Gasteiger partial charge in [0.25, 0.3) is 5.91 Å². The van der Waals surface area contributed by atoms with Crippen LogP contribution in [-0.2, 0) is 0 Å². The Morgan fingerprint density at radius 3 is 2.11 bits per heavy atom. The van der Waals surface area contributed by atoms with Crippen molar-refractivity contribution < 1.29 is 14.7 Å². The Morgan fingerprint density at radius 1 is 0.929 bits per heavy atom. The molecule has 0 aliphatic carbocycles. The highest BCUT2D eigenvalue weighted by molar-refractivity contribution is 6.41. The summed E-state index contributed by atoms with van der Waals surface area (Å²) in [5.74, 6) is -1.44. The first-order valence-corrected chi connectivity index (χ1v) is 9.24. The van der Waals surface area contributed by atoms with Crippen LogP contribution in [0.15, 0.2) is 54.6 Å². The number of aryl methyl sites for hydroxylation is 2. The van der Waals surface area contributed by atoms with Gasteiger partial charge in [-0.05, 0) is 48.7 Å². The van der Waals surface area contributed by atoms with Gasteiger partial charge in [-0.2, -0.15) is 0 Å². The van der Waals surface area contributed by atoms with Gasteiger partial charge in [0.05, 0.1) is 21.3 Å². The quantitative estimate of drug-likeness (QED) is 0.532. The van der Waals surface area contributed by atoms with Gasteiger partial charge in [0.1, 0.15) is 0 Å². The number of aromatic carboxylic acids is 1. The summed E-state index contributed by atoms with van der Waals surface area (Å²) in [7, 11) is 0. The molecule has 0 saturated carbocycles. The lowest BCUT2D eigenvalue weighted by molar-refractivity contribution is 0.0696. The molecule has 0 fully saturated rings. The number of carboxylic acids is 1. The van der Waals surface area contributed by atoms with E-state index in [1.807, 2.05) is 30.3 Å². The van der Waals surface area contributed by atoms with Gasteiger partial charge in [0, 0.05) is 11.1 Å². The van der Waals surface area contributed by atoms with E-state index in [-0.39, 0.29) is 5.56 Å². The minimum atomic E-state index is -1.04. The third-order valence-corrected chi connectivity index (χ3v) is 5.13. The lowest BCUT2D eigenvalue weighted by atomic mass is 9.98. The van der Waals surface area contributed by atoms with Crippen molar-refractivity contribution >= 4 is 40.8 Å². The third-order valence-electron chi connectivity index (χ3n) is 4.42. The Balaban J connectivity index is 2.01. The predicted molar refractivity (Wildman–Crippen MR) is 113 cm³/mol. The van der Waals surface area contributed by atoms with Crippen molar-refractivity contribution in [2.75, 3.05) is 5.32 Å². The van der Waals surface area contributed by atoms with E-state index in [2.05, 4.69) is 5.32 Å². The minimum absolute atomic E-state index is 0.133. The van der Waals surface area contributed by atoms with Gasteiger partial charge < -0.3 is 10.4 Å². The van der Waals surface area contributed by atoms with Gasteiger partial charge in [0.2, 0.25) is 0 Å². The van der Waals surface area contributed by atoms with Crippen molar-refractivity contribution in [1.82, 2.24) is 0 Å². The lowest BCUT2D eigenvalue weighted by Gasteiger charge is -2.15. The van der Waals surface area contributed by atoms with E-state index < -0.39 is 11.9 Å². The number of amides is 1. The first-order valence-electron chi connectivity index (χ1n) is 8.49. The first kappa shape index (κ1) is 19.9. The number of benzene rings is 3. The Hall–Kier alpha value is -2.82. The second-order valence-corrected chi connectivity index (χ2v) is 7.18. The van der Waals surface area contributed by atoms with Crippen molar-refractivity contribution in [3.05, 3.63) is 86.9 Å². The summed E-state index contributed by atoms with van der Waals surface area (Å²) in [6, 6.07) is 15.9. The van der Waals surface area contributed by atoms with E-state index in [0.29, 0.717) is 32.4 Å². The molecule has 142 valence electrons. The summed E-state index contributed by atoms with van der Waals surface area (Å²) in [6.45, 7) is 3.38. The summed E-state index contributed by atoms with van der Waals surface area (Å²) in [6.07, 6.45) is 0. The highest BCUT2D eigenvalue weighted by atomic mass is 35.5. The van der Waals surface area contributed by atoms with Crippen LogP contribution in [0.2, 0.25) is 10.0 Å². The van der Waals surface area contributed by atoms with Crippen molar-refractivity contribution in [3.8, 4) is 11.1 Å². The number of carboxylic acid groups (broad SMARTS) is 1. The summed E-state index contributed by atoms with van der Waals surface area (Å²) >= 11 is 12.8. The highest BCUT2D eigenvalue weighted by Gasteiger charge is 2.19. The summed E-state index contributed by atoms with van der Waals surface area (Å²) < 4.78 is 0. The molecule has 3 aromatic rings. The molecule has 28 heavy (non-hydrogen) atoms. The van der Waals surface area contributed by atoms with Gasteiger partial charge in [-0.3, -0.25) is 4.79 Å². The zero-order valence-electron chi connectivity index (χ0n) is 15.2. The Morgan fingerprint density at radius 2 is 1.54 bits per heavy atom. The second-order valence-electron chi connectivity index (χ2n) is 6.39. The zero-order chi connectivity index (χ0) is 20.4. The number of carbonyl (C=O) groups is 2. The molecular weight excluding hydrogens is 397 g/mol. The third kappa shape index (κ3) is 3.88. The lowest BCUT2D eigenvalue weighted by Crippen LogP contribution is -2.16. The van der Waals surface area contributed by atoms with E-state index >= 15 is 0 Å². The predicted octanol–water partition coefficient (Wildman–Crippen LogP) is 6.23. The number of hydrogen-bond acceptors (Lipinski definition) is 2. The summed E-state index contributed by atoms with van der Waals surface area (Å²) in [5, 5.41) is 12.6. The fourth-order valence-electron chi connectivity index (χ4n) is 3.13. The number of hydrogen-bond donors (Lipinski definition) is 2. The molecular formula is C22H17Cl2NO3. The van der Waals surface area contributed by atoms with Gasteiger partial charge in [-0.15, -0.1) is 0 Å². The average molecular weight is 414 g/mol. The maximum absolute atomic E-state index is 12.9. The van der Waals surface area contributed by atoms with Crippen molar-refractivity contribution in [3.63, 3.8) is 0 Å². The average Bonchev–Trinajstić information content (AvgIpc) is 2.65. The van der Waals surface area contributed by atoms with Crippen LogP contribution in [0, 0.1) is 13.8 Å². The monoisotopic (exact) mass is 413 g/mol. The molecule has 0 heterocycles. The van der Waals surface area contributed by atoms with Crippen LogP contribution in [-0.4, -0.2) is 17.0 Å². The SMILES string of the molecule is Cc1cc(C(=O)O)cc(C)c1C(=O)Nc1c(Cl)ccc(-c2ccccc2)c1Cl. The molecule has 2 N–H and O–H groups in total. The van der Waals surface area contributed by atoms with E-state index in [9.17, 15) is 14.7 Å². The molecule has 0 bridgehead atoms. The van der Waals surface area contributed by atoms with Gasteiger partial charge in [-0.25, -0.2) is 4.79 Å². The standard InChI is InChI=1S/C22H17Cl2NO3/c1-12-10-15(22(27)28)11-13(2)18(12)21(26)25-20-17(23)9-8-16(19(20)24)14-6-4-3-5-7-14/h3-11H,1-2H3,(H,25,26)(H,27,28). The van der Waals surface area contributed by atoms with Gasteiger partial charge >= 0.3 is 5.97 Å². The molecule has 3 aromatic carbocycles. The molecule has 0 aromatic heterocycles. The molecule has 0 aliphatic rings. The minimum Gasteiger partial charge on any atom is -0.478 e. The molecule has 0 aliphatic heterocycles. The molecule has 0 unspecified atom stereocenters. The van der Waals surface area contributed by atoms with Gasteiger partial charge in [0.15, 0.2) is 0 Å². The Bertz CT molecular complexity index is 1060. The number of anilines is 1. The first-order chi connectivity index (χ1) is 13.3. The fourth-order valence-corrected chi connectivity index (χ4v) is 3.70. The van der Waals surface area contributed by atoms with E-state index in [1.165, 1.54) is 12.1 Å². The smallest absolute Gasteiger partial charge is 0.335 e. The maximum Gasteiger partial charge on any atom is 0.335 e. The molecule has 3 rings (SSSR count). The van der Waals surface area contributed by atoms with Crippen LogP contribution >= 0.6 is 23.2 Å². The number of rotatable bonds is 4. The highest BCUT2D eigenvalue weighted by Crippen LogP contribution is 2.39. The summed E-state index contributed by atoms with van der Waals surface area (Å²) in [4.78, 5) is 24.1. The molecule has 0 atom stereocenters. The molecule has 0 spiro atoms. The van der Waals surface area contributed by atoms with Crippen molar-refractivity contribution in [1.29, 1.82) is 0 Å². The fraction of sp³-hybridized carbons (Fsp3) is 0.0909. The largest absolute Gasteiger partial charge is 0.478 e. The van der Waals surface area contributed by atoms with Crippen LogP contribution in [0.5, 0.6) is 0 Å². The molecule has 6 heteroatoms. The topological polar surface area (TPSA) is 66.4 Å².